The van der Waals surface area contributed by atoms with Crippen molar-refractivity contribution >= 4 is 35.6 Å². The maximum atomic E-state index is 13.2. The quantitative estimate of drug-likeness (QED) is 0.0505. The second-order valence-corrected chi connectivity index (χ2v) is 9.82. The molecule has 0 aliphatic carbocycles. The van der Waals surface area contributed by atoms with Crippen LogP contribution in [0.5, 0.6) is 0 Å². The fourth-order valence-corrected chi connectivity index (χ4v) is 3.35. The molecule has 0 bridgehead atoms. The monoisotopic (exact) mass is 542 g/mol. The topological polar surface area (TPSA) is 279 Å². The molecule has 0 spiro atoms. The third-order valence-electron chi connectivity index (χ3n) is 5.50. The molecule has 0 aliphatic rings. The van der Waals surface area contributed by atoms with Crippen molar-refractivity contribution in [3.8, 4) is 0 Å². The molecule has 4 unspecified atom stereocenters. The number of nitrogens with zero attached hydrogens (tertiary/aromatic N) is 2. The van der Waals surface area contributed by atoms with E-state index in [-0.39, 0.29) is 56.1 Å². The predicted octanol–water partition coefficient (Wildman–Crippen LogP) is -2.34. The smallest absolute Gasteiger partial charge is 0.326 e. The van der Waals surface area contributed by atoms with Crippen molar-refractivity contribution in [3.05, 3.63) is 0 Å². The Labute approximate surface area is 223 Å². The Bertz CT molecular complexity index is 838. The summed E-state index contributed by atoms with van der Waals surface area (Å²) < 4.78 is 0. The van der Waals surface area contributed by atoms with Crippen molar-refractivity contribution in [1.82, 2.24) is 16.0 Å². The molecule has 4 atom stereocenters. The van der Waals surface area contributed by atoms with E-state index in [9.17, 15) is 24.3 Å². The number of carboxylic acids is 1. The number of nitrogens with one attached hydrogen (secondary N) is 3. The maximum absolute atomic E-state index is 13.2. The molecule has 0 aromatic heterocycles. The van der Waals surface area contributed by atoms with Gasteiger partial charge in [-0.3, -0.25) is 24.4 Å². The summed E-state index contributed by atoms with van der Waals surface area (Å²) in [6.45, 7) is 7.69. The van der Waals surface area contributed by atoms with Gasteiger partial charge in [0.25, 0.3) is 0 Å². The fourth-order valence-electron chi connectivity index (χ4n) is 3.35. The van der Waals surface area contributed by atoms with Crippen molar-refractivity contribution in [2.45, 2.75) is 84.0 Å². The summed E-state index contributed by atoms with van der Waals surface area (Å²) in [5, 5.41) is 17.3. The van der Waals surface area contributed by atoms with E-state index in [1.807, 2.05) is 13.8 Å². The van der Waals surface area contributed by atoms with Gasteiger partial charge in [-0.15, -0.1) is 0 Å². The highest BCUT2D eigenvalue weighted by Gasteiger charge is 2.31. The predicted molar refractivity (Wildman–Crippen MR) is 146 cm³/mol. The van der Waals surface area contributed by atoms with Crippen LogP contribution >= 0.6 is 0 Å². The second-order valence-electron chi connectivity index (χ2n) is 9.82. The van der Waals surface area contributed by atoms with Gasteiger partial charge in [0.2, 0.25) is 17.7 Å². The standard InChI is InChI=1S/C23H46N10O5/c1-12(2)11-16(19(35)32-15(21(37)38)8-6-10-30-23(27)28)33-18(34)14(7-5-9-29-22(25)26)31-20(36)17(24)13(3)4/h12-17H,5-11,24H2,1-4H3,(H,31,36)(H,32,35)(H,33,34)(H,37,38)(H4,25,26,29)(H4,27,28,30). The number of rotatable bonds is 18. The van der Waals surface area contributed by atoms with Gasteiger partial charge in [0.1, 0.15) is 18.1 Å². The van der Waals surface area contributed by atoms with Gasteiger partial charge in [-0.05, 0) is 43.9 Å². The van der Waals surface area contributed by atoms with E-state index >= 15 is 0 Å². The summed E-state index contributed by atoms with van der Waals surface area (Å²) in [4.78, 5) is 58.2. The zero-order chi connectivity index (χ0) is 29.4. The molecule has 3 amide bonds. The first-order valence-corrected chi connectivity index (χ1v) is 12.7. The third-order valence-corrected chi connectivity index (χ3v) is 5.50. The van der Waals surface area contributed by atoms with Crippen LogP contribution in [0.3, 0.4) is 0 Å². The van der Waals surface area contributed by atoms with Crippen LogP contribution in [-0.4, -0.2) is 78.0 Å². The number of hydrogen-bond acceptors (Lipinski definition) is 7. The number of carbonyl (C=O) groups is 4. The molecule has 38 heavy (non-hydrogen) atoms. The lowest BCUT2D eigenvalue weighted by molar-refractivity contribution is -0.142. The highest BCUT2D eigenvalue weighted by atomic mass is 16.4. The molecule has 0 heterocycles. The van der Waals surface area contributed by atoms with Gasteiger partial charge in [-0.2, -0.15) is 0 Å². The molecule has 0 rings (SSSR count). The summed E-state index contributed by atoms with van der Waals surface area (Å²) in [6.07, 6.45) is 1.17. The zero-order valence-electron chi connectivity index (χ0n) is 22.8. The highest BCUT2D eigenvalue weighted by Crippen LogP contribution is 2.09. The van der Waals surface area contributed by atoms with E-state index in [4.69, 9.17) is 28.7 Å². The average molecular weight is 543 g/mol. The van der Waals surface area contributed by atoms with Gasteiger partial charge < -0.3 is 49.7 Å². The van der Waals surface area contributed by atoms with E-state index in [1.165, 1.54) is 0 Å². The van der Waals surface area contributed by atoms with Crippen LogP contribution < -0.4 is 44.6 Å². The highest BCUT2D eigenvalue weighted by molar-refractivity contribution is 5.94. The van der Waals surface area contributed by atoms with E-state index in [1.54, 1.807) is 13.8 Å². The molecule has 0 aliphatic heterocycles. The minimum Gasteiger partial charge on any atom is -0.480 e. The summed E-state index contributed by atoms with van der Waals surface area (Å²) in [6, 6.07) is -4.10. The van der Waals surface area contributed by atoms with Crippen LogP contribution in [0.15, 0.2) is 9.98 Å². The Morgan fingerprint density at radius 2 is 1.13 bits per heavy atom. The first-order valence-electron chi connectivity index (χ1n) is 12.7. The minimum atomic E-state index is -1.23. The van der Waals surface area contributed by atoms with Crippen LogP contribution in [0, 0.1) is 11.8 Å². The number of carboxylic acid groups (broad SMARTS) is 1. The van der Waals surface area contributed by atoms with E-state index in [0.717, 1.165) is 0 Å². The Balaban J connectivity index is 5.58. The number of hydrogen-bond donors (Lipinski definition) is 9. The van der Waals surface area contributed by atoms with Gasteiger partial charge >= 0.3 is 5.97 Å². The van der Waals surface area contributed by atoms with Gasteiger partial charge in [0, 0.05) is 13.1 Å². The molecule has 0 radical (unpaired) electrons. The molecule has 15 nitrogen and oxygen atoms in total. The number of guanidine groups is 2. The molecule has 0 saturated heterocycles. The average Bonchev–Trinajstić information content (AvgIpc) is 2.80. The third kappa shape index (κ3) is 14.8. The van der Waals surface area contributed by atoms with Gasteiger partial charge in [-0.25, -0.2) is 4.79 Å². The van der Waals surface area contributed by atoms with Crippen molar-refractivity contribution in [2.24, 2.45) is 50.5 Å². The van der Waals surface area contributed by atoms with Crippen molar-refractivity contribution in [3.63, 3.8) is 0 Å². The van der Waals surface area contributed by atoms with Crippen LogP contribution in [-0.2, 0) is 19.2 Å². The molecule has 0 fully saturated rings. The normalized spacial score (nSPS) is 14.1. The maximum Gasteiger partial charge on any atom is 0.326 e. The Hall–Kier alpha value is -3.62. The second kappa shape index (κ2) is 17.8. The van der Waals surface area contributed by atoms with Crippen molar-refractivity contribution in [1.29, 1.82) is 0 Å². The fraction of sp³-hybridized carbons (Fsp3) is 0.739. The Morgan fingerprint density at radius 3 is 1.55 bits per heavy atom. The first-order chi connectivity index (χ1) is 17.6. The van der Waals surface area contributed by atoms with Crippen LogP contribution in [0.25, 0.3) is 0 Å². The lowest BCUT2D eigenvalue weighted by Crippen LogP contribution is -2.57. The Kier molecular flexibility index (Phi) is 16.1. The van der Waals surface area contributed by atoms with Crippen LogP contribution in [0.4, 0.5) is 0 Å². The number of aliphatic imine (C=N–C) groups is 2. The number of amides is 3. The molecule has 14 N–H and O–H groups in total. The summed E-state index contributed by atoms with van der Waals surface area (Å²) >= 11 is 0. The molecular formula is C23H46N10O5. The summed E-state index contributed by atoms with van der Waals surface area (Å²) in [7, 11) is 0. The van der Waals surface area contributed by atoms with Crippen LogP contribution in [0.2, 0.25) is 0 Å². The largest absolute Gasteiger partial charge is 0.480 e. The summed E-state index contributed by atoms with van der Waals surface area (Å²) in [5.74, 6) is -3.42. The molecule has 0 aromatic rings. The Morgan fingerprint density at radius 1 is 0.711 bits per heavy atom. The molecule has 15 heteroatoms. The summed E-state index contributed by atoms with van der Waals surface area (Å²) in [5.41, 5.74) is 27.1. The van der Waals surface area contributed by atoms with E-state index in [0.29, 0.717) is 12.8 Å². The van der Waals surface area contributed by atoms with Crippen LogP contribution in [0.1, 0.15) is 59.8 Å². The number of carbonyl (C=O) groups excluding carboxylic acids is 3. The zero-order valence-corrected chi connectivity index (χ0v) is 22.8. The molecule has 218 valence electrons. The van der Waals surface area contributed by atoms with Crippen molar-refractivity contribution in [2.75, 3.05) is 13.1 Å². The van der Waals surface area contributed by atoms with Crippen molar-refractivity contribution < 1.29 is 24.3 Å². The number of aliphatic carboxylic acids is 1. The van der Waals surface area contributed by atoms with Gasteiger partial charge in [-0.1, -0.05) is 27.7 Å². The first kappa shape index (κ1) is 34.4. The van der Waals surface area contributed by atoms with Gasteiger partial charge in [0.15, 0.2) is 11.9 Å². The minimum absolute atomic E-state index is 0.0135. The SMILES string of the molecule is CC(C)CC(NC(=O)C(CCCN=C(N)N)NC(=O)C(N)C(C)C)C(=O)NC(CCCN=C(N)N)C(=O)O. The lowest BCUT2D eigenvalue weighted by atomic mass is 10.0. The number of nitrogens with two attached hydrogens (primary N) is 5. The lowest BCUT2D eigenvalue weighted by Gasteiger charge is -2.26. The molecular weight excluding hydrogens is 496 g/mol. The van der Waals surface area contributed by atoms with E-state index in [2.05, 4.69) is 25.9 Å². The molecule has 0 saturated carbocycles. The van der Waals surface area contributed by atoms with Gasteiger partial charge in [0.05, 0.1) is 6.04 Å². The molecule has 0 aromatic carbocycles. The van der Waals surface area contributed by atoms with E-state index < -0.39 is 47.9 Å².